The van der Waals surface area contributed by atoms with Crippen LogP contribution in [0.15, 0.2) is 11.6 Å². The van der Waals surface area contributed by atoms with Crippen molar-refractivity contribution < 1.29 is 4.74 Å². The highest BCUT2D eigenvalue weighted by atomic mass is 16.5. The molecule has 9 atom stereocenters. The highest BCUT2D eigenvalue weighted by molar-refractivity contribution is 5.34. The fourth-order valence-electron chi connectivity index (χ4n) is 11.2. The third-order valence-corrected chi connectivity index (χ3v) is 13.9. The molecule has 0 aromatic carbocycles. The third-order valence-electron chi connectivity index (χ3n) is 13.9. The van der Waals surface area contributed by atoms with Gasteiger partial charge in [0.25, 0.3) is 0 Å². The SMILES string of the molecule is COC1CC(C)(C)CC2C3=CCC4C5(C)CCC(C)C(C)(C)C5CCC4(C)C3(C)CCC12C. The van der Waals surface area contributed by atoms with E-state index in [0.717, 1.165) is 17.8 Å². The van der Waals surface area contributed by atoms with Crippen LogP contribution < -0.4 is 0 Å². The minimum atomic E-state index is 0.308. The van der Waals surface area contributed by atoms with Gasteiger partial charge in [0, 0.05) is 12.5 Å². The van der Waals surface area contributed by atoms with Gasteiger partial charge in [-0.2, -0.15) is 0 Å². The van der Waals surface area contributed by atoms with E-state index in [4.69, 9.17) is 4.74 Å². The average molecular weight is 455 g/mol. The van der Waals surface area contributed by atoms with Crippen molar-refractivity contribution in [3.8, 4) is 0 Å². The van der Waals surface area contributed by atoms with E-state index in [1.54, 1.807) is 0 Å². The van der Waals surface area contributed by atoms with E-state index in [1.807, 2.05) is 12.7 Å². The van der Waals surface area contributed by atoms with Gasteiger partial charge in [-0.15, -0.1) is 0 Å². The molecule has 0 radical (unpaired) electrons. The van der Waals surface area contributed by atoms with Gasteiger partial charge in [-0.3, -0.25) is 0 Å². The van der Waals surface area contributed by atoms with E-state index in [2.05, 4.69) is 68.4 Å². The summed E-state index contributed by atoms with van der Waals surface area (Å²) in [6.45, 7) is 23.5. The second-order valence-corrected chi connectivity index (χ2v) is 15.9. The maximum absolute atomic E-state index is 6.24. The Bertz CT molecular complexity index is 835. The topological polar surface area (TPSA) is 9.23 Å². The van der Waals surface area contributed by atoms with Crippen molar-refractivity contribution in [3.05, 3.63) is 11.6 Å². The van der Waals surface area contributed by atoms with Crippen LogP contribution in [0.1, 0.15) is 120 Å². The van der Waals surface area contributed by atoms with E-state index >= 15 is 0 Å². The van der Waals surface area contributed by atoms with Crippen molar-refractivity contribution in [1.29, 1.82) is 0 Å². The molecule has 0 N–H and O–H groups in total. The minimum absolute atomic E-state index is 0.308. The molecule has 4 saturated carbocycles. The number of hydrogen-bond acceptors (Lipinski definition) is 1. The fraction of sp³-hybridized carbons (Fsp3) is 0.938. The van der Waals surface area contributed by atoms with Crippen LogP contribution in [0.2, 0.25) is 0 Å². The van der Waals surface area contributed by atoms with Crippen molar-refractivity contribution in [3.63, 3.8) is 0 Å². The first-order chi connectivity index (χ1) is 15.2. The Morgan fingerprint density at radius 1 is 0.788 bits per heavy atom. The Balaban J connectivity index is 1.58. The Labute approximate surface area is 205 Å². The zero-order valence-electron chi connectivity index (χ0n) is 23.7. The molecular formula is C32H54O. The van der Waals surface area contributed by atoms with E-state index in [-0.39, 0.29) is 0 Å². The summed E-state index contributed by atoms with van der Waals surface area (Å²) >= 11 is 0. The lowest BCUT2D eigenvalue weighted by Gasteiger charge is -2.72. The van der Waals surface area contributed by atoms with Gasteiger partial charge in [-0.1, -0.05) is 74.0 Å². The zero-order chi connectivity index (χ0) is 24.2. The van der Waals surface area contributed by atoms with Crippen LogP contribution in [0.3, 0.4) is 0 Å². The highest BCUT2D eigenvalue weighted by Crippen LogP contribution is 2.76. The summed E-state index contributed by atoms with van der Waals surface area (Å²) in [5.41, 5.74) is 4.29. The summed E-state index contributed by atoms with van der Waals surface area (Å²) in [5.74, 6) is 3.27. The summed E-state index contributed by atoms with van der Waals surface area (Å²) in [6, 6.07) is 0. The number of methoxy groups -OCH3 is 1. The molecule has 0 aliphatic heterocycles. The molecule has 0 bridgehead atoms. The zero-order valence-corrected chi connectivity index (χ0v) is 23.7. The van der Waals surface area contributed by atoms with Gasteiger partial charge in [0.1, 0.15) is 0 Å². The molecule has 4 fully saturated rings. The van der Waals surface area contributed by atoms with Gasteiger partial charge in [0.15, 0.2) is 0 Å². The molecule has 0 spiro atoms. The Hall–Kier alpha value is -0.300. The second-order valence-electron chi connectivity index (χ2n) is 15.9. The number of hydrogen-bond donors (Lipinski definition) is 0. The smallest absolute Gasteiger partial charge is 0.0635 e. The van der Waals surface area contributed by atoms with Crippen LogP contribution in [-0.4, -0.2) is 13.2 Å². The Morgan fingerprint density at radius 2 is 1.48 bits per heavy atom. The molecular weight excluding hydrogens is 400 g/mol. The molecule has 5 rings (SSSR count). The molecule has 33 heavy (non-hydrogen) atoms. The Kier molecular flexibility index (Phi) is 5.28. The van der Waals surface area contributed by atoms with Gasteiger partial charge in [-0.25, -0.2) is 0 Å². The van der Waals surface area contributed by atoms with Crippen molar-refractivity contribution in [1.82, 2.24) is 0 Å². The molecule has 5 aliphatic carbocycles. The third kappa shape index (κ3) is 2.99. The fourth-order valence-corrected chi connectivity index (χ4v) is 11.2. The summed E-state index contributed by atoms with van der Waals surface area (Å²) in [6.07, 6.45) is 15.5. The van der Waals surface area contributed by atoms with Crippen molar-refractivity contribution in [2.24, 2.45) is 56.2 Å². The van der Waals surface area contributed by atoms with E-state index in [0.29, 0.717) is 44.5 Å². The van der Waals surface area contributed by atoms with E-state index in [1.165, 1.54) is 57.8 Å². The van der Waals surface area contributed by atoms with Gasteiger partial charge in [0.2, 0.25) is 0 Å². The monoisotopic (exact) mass is 454 g/mol. The van der Waals surface area contributed by atoms with Gasteiger partial charge in [0.05, 0.1) is 6.10 Å². The first-order valence-electron chi connectivity index (χ1n) is 14.4. The Morgan fingerprint density at radius 3 is 2.15 bits per heavy atom. The summed E-state index contributed by atoms with van der Waals surface area (Å²) in [5, 5.41) is 0. The normalized spacial score (nSPS) is 54.8. The van der Waals surface area contributed by atoms with Crippen LogP contribution in [-0.2, 0) is 4.74 Å². The number of fused-ring (bicyclic) bond motifs is 7. The first kappa shape index (κ1) is 24.4. The average Bonchev–Trinajstić information content (AvgIpc) is 2.72. The molecule has 0 amide bonds. The van der Waals surface area contributed by atoms with E-state index < -0.39 is 0 Å². The molecule has 0 saturated heterocycles. The molecule has 9 unspecified atom stereocenters. The van der Waals surface area contributed by atoms with Crippen molar-refractivity contribution in [2.75, 3.05) is 7.11 Å². The van der Waals surface area contributed by atoms with E-state index in [9.17, 15) is 0 Å². The van der Waals surface area contributed by atoms with Crippen LogP contribution in [0.5, 0.6) is 0 Å². The minimum Gasteiger partial charge on any atom is -0.381 e. The van der Waals surface area contributed by atoms with Crippen molar-refractivity contribution >= 4 is 0 Å². The summed E-state index contributed by atoms with van der Waals surface area (Å²) in [4.78, 5) is 0. The largest absolute Gasteiger partial charge is 0.381 e. The molecule has 0 heterocycles. The maximum Gasteiger partial charge on any atom is 0.0635 e. The van der Waals surface area contributed by atoms with Gasteiger partial charge < -0.3 is 4.74 Å². The number of rotatable bonds is 1. The summed E-state index contributed by atoms with van der Waals surface area (Å²) < 4.78 is 6.24. The predicted octanol–water partition coefficient (Wildman–Crippen LogP) is 9.07. The molecule has 1 nitrogen and oxygen atoms in total. The van der Waals surface area contributed by atoms with Gasteiger partial charge in [-0.05, 0) is 109 Å². The first-order valence-corrected chi connectivity index (χ1v) is 14.4. The van der Waals surface area contributed by atoms with Crippen molar-refractivity contribution in [2.45, 2.75) is 126 Å². The molecule has 5 aliphatic rings. The van der Waals surface area contributed by atoms with Gasteiger partial charge >= 0.3 is 0 Å². The second kappa shape index (κ2) is 7.14. The van der Waals surface area contributed by atoms with Crippen LogP contribution in [0.25, 0.3) is 0 Å². The number of ether oxygens (including phenoxy) is 1. The summed E-state index contributed by atoms with van der Waals surface area (Å²) in [7, 11) is 1.97. The molecule has 0 aromatic rings. The van der Waals surface area contributed by atoms with Crippen LogP contribution in [0, 0.1) is 56.2 Å². The lowest BCUT2D eigenvalue weighted by Crippen LogP contribution is -2.64. The lowest BCUT2D eigenvalue weighted by atomic mass is 9.33. The molecule has 1 heteroatoms. The highest BCUT2D eigenvalue weighted by Gasteiger charge is 2.68. The quantitative estimate of drug-likeness (QED) is 0.359. The van der Waals surface area contributed by atoms with Crippen LogP contribution >= 0.6 is 0 Å². The van der Waals surface area contributed by atoms with Crippen LogP contribution in [0.4, 0.5) is 0 Å². The number of allylic oxidation sites excluding steroid dienone is 2. The predicted molar refractivity (Wildman–Crippen MR) is 140 cm³/mol. The molecule has 188 valence electrons. The molecule has 0 aromatic heterocycles. The standard InChI is InChI=1S/C32H54O/c1-21-13-15-30(7)24(28(21,4)5)14-16-32(9)25(30)12-11-22-23-19-27(2,3)20-26(33-10)29(23,6)17-18-31(22,32)8/h11,21,23-26H,12-20H2,1-10H3. The maximum atomic E-state index is 6.24. The lowest BCUT2D eigenvalue weighted by molar-refractivity contribution is -0.198.